The van der Waals surface area contributed by atoms with Gasteiger partial charge in [-0.25, -0.2) is 9.36 Å². The van der Waals surface area contributed by atoms with Crippen molar-refractivity contribution in [1.82, 2.24) is 30.0 Å². The molecule has 1 aliphatic rings. The molecule has 0 saturated carbocycles. The fourth-order valence-corrected chi connectivity index (χ4v) is 3.71. The second-order valence-corrected chi connectivity index (χ2v) is 7.40. The van der Waals surface area contributed by atoms with Gasteiger partial charge in [0, 0.05) is 24.3 Å². The topological polar surface area (TPSA) is 182 Å². The molecule has 0 N–H and O–H groups in total. The lowest BCUT2D eigenvalue weighted by Gasteiger charge is -2.12. The number of fused-ring (bicyclic) bond motifs is 2. The molecule has 1 aliphatic carbocycles. The van der Waals surface area contributed by atoms with E-state index in [1.54, 1.807) is 12.1 Å². The molecule has 2 aromatic carbocycles. The number of ketones is 2. The normalized spacial score (nSPS) is 12.4. The van der Waals surface area contributed by atoms with Crippen molar-refractivity contribution in [3.8, 4) is 0 Å². The van der Waals surface area contributed by atoms with Crippen LogP contribution in [0.15, 0.2) is 48.5 Å². The summed E-state index contributed by atoms with van der Waals surface area (Å²) >= 11 is 0. The first-order valence-electron chi connectivity index (χ1n) is 9.76. The van der Waals surface area contributed by atoms with Gasteiger partial charge in [-0.2, -0.15) is 0 Å². The van der Waals surface area contributed by atoms with Gasteiger partial charge in [-0.3, -0.25) is 29.8 Å². The Balaban J connectivity index is 1.48. The Kier molecular flexibility index (Phi) is 4.74. The molecule has 168 valence electrons. The lowest BCUT2D eigenvalue weighted by atomic mass is 9.98. The molecule has 0 radical (unpaired) electrons. The SMILES string of the molecule is O=C1c2nnn(Cc3cccc([N+](=O)[O-])c3)c2C(=O)c2nnn(Cc3cccc([N+](=O)[O-])c3)c21. The van der Waals surface area contributed by atoms with Crippen molar-refractivity contribution in [3.05, 3.63) is 103 Å². The number of non-ortho nitro benzene ring substituents is 2. The molecule has 2 aromatic heterocycles. The number of rotatable bonds is 6. The van der Waals surface area contributed by atoms with Gasteiger partial charge in [0.15, 0.2) is 11.4 Å². The van der Waals surface area contributed by atoms with Crippen LogP contribution >= 0.6 is 0 Å². The van der Waals surface area contributed by atoms with Gasteiger partial charge in [-0.1, -0.05) is 34.7 Å². The Bertz CT molecular complexity index is 1410. The van der Waals surface area contributed by atoms with Gasteiger partial charge < -0.3 is 0 Å². The number of carbonyl (C=O) groups excluding carboxylic acids is 2. The van der Waals surface area contributed by atoms with Crippen molar-refractivity contribution in [1.29, 1.82) is 0 Å². The second kappa shape index (κ2) is 7.77. The number of nitrogens with zero attached hydrogens (tertiary/aromatic N) is 8. The summed E-state index contributed by atoms with van der Waals surface area (Å²) in [6.45, 7) is -0.0552. The maximum atomic E-state index is 13.1. The molecule has 0 saturated heterocycles. The molecule has 0 bridgehead atoms. The van der Waals surface area contributed by atoms with Crippen molar-refractivity contribution >= 4 is 22.9 Å². The van der Waals surface area contributed by atoms with E-state index < -0.39 is 21.4 Å². The Labute approximate surface area is 188 Å². The second-order valence-electron chi connectivity index (χ2n) is 7.40. The van der Waals surface area contributed by atoms with Crippen LogP contribution in [0.2, 0.25) is 0 Å². The molecule has 14 heteroatoms. The highest BCUT2D eigenvalue weighted by molar-refractivity contribution is 6.25. The smallest absolute Gasteiger partial charge is 0.269 e. The van der Waals surface area contributed by atoms with Gasteiger partial charge >= 0.3 is 0 Å². The molecule has 14 nitrogen and oxygen atoms in total. The molecule has 0 unspecified atom stereocenters. The van der Waals surface area contributed by atoms with Crippen molar-refractivity contribution in [2.75, 3.05) is 0 Å². The first-order chi connectivity index (χ1) is 16.3. The standard InChI is InChI=1S/C20H12N8O6/c29-19-16-18(26(24-22-16)10-12-4-2-6-14(8-12)28(33)34)20(30)15-17(19)25(23-21-15)9-11-3-1-5-13(7-11)27(31)32/h1-8H,9-10H2. The van der Waals surface area contributed by atoms with E-state index in [1.807, 2.05) is 0 Å². The van der Waals surface area contributed by atoms with E-state index in [2.05, 4.69) is 20.6 Å². The zero-order valence-electron chi connectivity index (χ0n) is 17.1. The van der Waals surface area contributed by atoms with Gasteiger partial charge in [0.2, 0.25) is 11.6 Å². The third-order valence-corrected chi connectivity index (χ3v) is 5.24. The summed E-state index contributed by atoms with van der Waals surface area (Å²) in [5, 5.41) is 37.6. The number of nitro groups is 2. The van der Waals surface area contributed by atoms with Crippen molar-refractivity contribution in [2.45, 2.75) is 13.1 Å². The Morgan fingerprint density at radius 2 is 1.12 bits per heavy atom. The quantitative estimate of drug-likeness (QED) is 0.266. The lowest BCUT2D eigenvalue weighted by molar-refractivity contribution is -0.385. The third kappa shape index (κ3) is 3.38. The van der Waals surface area contributed by atoms with Crippen molar-refractivity contribution in [2.24, 2.45) is 0 Å². The molecule has 34 heavy (non-hydrogen) atoms. The zero-order chi connectivity index (χ0) is 24.0. The zero-order valence-corrected chi connectivity index (χ0v) is 17.1. The van der Waals surface area contributed by atoms with E-state index >= 15 is 0 Å². The van der Waals surface area contributed by atoms with E-state index in [4.69, 9.17) is 0 Å². The van der Waals surface area contributed by atoms with Gasteiger partial charge in [0.05, 0.1) is 22.9 Å². The van der Waals surface area contributed by atoms with E-state index in [9.17, 15) is 29.8 Å². The minimum atomic E-state index is -0.620. The van der Waals surface area contributed by atoms with E-state index in [0.717, 1.165) is 0 Å². The van der Waals surface area contributed by atoms with E-state index in [1.165, 1.54) is 45.8 Å². The highest BCUT2D eigenvalue weighted by Crippen LogP contribution is 2.26. The number of benzene rings is 2. The molecule has 2 heterocycles. The molecule has 5 rings (SSSR count). The van der Waals surface area contributed by atoms with Crippen LogP contribution in [0.3, 0.4) is 0 Å². The van der Waals surface area contributed by atoms with Gasteiger partial charge in [0.25, 0.3) is 11.4 Å². The third-order valence-electron chi connectivity index (χ3n) is 5.24. The van der Waals surface area contributed by atoms with Crippen LogP contribution < -0.4 is 0 Å². The molecular weight excluding hydrogens is 448 g/mol. The molecular formula is C20H12N8O6. The summed E-state index contributed by atoms with van der Waals surface area (Å²) in [5.74, 6) is -1.24. The average molecular weight is 460 g/mol. The van der Waals surface area contributed by atoms with Crippen LogP contribution in [0.5, 0.6) is 0 Å². The summed E-state index contributed by atoms with van der Waals surface area (Å²) in [4.78, 5) is 47.3. The summed E-state index contributed by atoms with van der Waals surface area (Å²) in [6.07, 6.45) is 0. The van der Waals surface area contributed by atoms with E-state index in [0.29, 0.717) is 11.1 Å². The number of hydrogen-bond acceptors (Lipinski definition) is 10. The number of carbonyl (C=O) groups is 2. The molecule has 0 fully saturated rings. The summed E-state index contributed by atoms with van der Waals surface area (Å²) in [7, 11) is 0. The maximum absolute atomic E-state index is 13.1. The summed E-state index contributed by atoms with van der Waals surface area (Å²) in [5.41, 5.74) is 0.166. The first kappa shape index (κ1) is 20.7. The van der Waals surface area contributed by atoms with Crippen molar-refractivity contribution < 1.29 is 19.4 Å². The molecule has 0 amide bonds. The van der Waals surface area contributed by atoms with E-state index in [-0.39, 0.29) is 47.2 Å². The number of nitro benzene ring substituents is 2. The highest BCUT2D eigenvalue weighted by atomic mass is 16.6. The predicted octanol–water partition coefficient (Wildman–Crippen LogP) is 1.56. The highest BCUT2D eigenvalue weighted by Gasteiger charge is 2.40. The summed E-state index contributed by atoms with van der Waals surface area (Å²) < 4.78 is 2.38. The van der Waals surface area contributed by atoms with Gasteiger partial charge in [-0.05, 0) is 11.1 Å². The minimum Gasteiger partial charge on any atom is -0.285 e. The molecule has 4 aromatic rings. The molecule has 0 spiro atoms. The fourth-order valence-electron chi connectivity index (χ4n) is 3.71. The first-order valence-corrected chi connectivity index (χ1v) is 9.76. The Morgan fingerprint density at radius 1 is 0.706 bits per heavy atom. The Hall–Kier alpha value is -5.14. The van der Waals surface area contributed by atoms with Crippen molar-refractivity contribution in [3.63, 3.8) is 0 Å². The number of hydrogen-bond donors (Lipinski definition) is 0. The fraction of sp³-hybridized carbons (Fsp3) is 0.100. The van der Waals surface area contributed by atoms with Crippen LogP contribution in [0.4, 0.5) is 11.4 Å². The monoisotopic (exact) mass is 460 g/mol. The average Bonchev–Trinajstić information content (AvgIpc) is 3.43. The molecule has 0 atom stereocenters. The van der Waals surface area contributed by atoms with Crippen LogP contribution in [-0.2, 0) is 13.1 Å². The summed E-state index contributed by atoms with van der Waals surface area (Å²) in [6, 6.07) is 11.6. The van der Waals surface area contributed by atoms with Crippen LogP contribution in [0.1, 0.15) is 43.5 Å². The lowest BCUT2D eigenvalue weighted by Crippen LogP contribution is -2.26. The minimum absolute atomic E-state index is 0.0276. The maximum Gasteiger partial charge on any atom is 0.269 e. The van der Waals surface area contributed by atoms with Gasteiger partial charge in [0.1, 0.15) is 11.4 Å². The molecule has 0 aliphatic heterocycles. The number of aromatic nitrogens is 6. The predicted molar refractivity (Wildman–Crippen MR) is 111 cm³/mol. The Morgan fingerprint density at radius 3 is 1.50 bits per heavy atom. The van der Waals surface area contributed by atoms with Crippen LogP contribution in [-0.4, -0.2) is 51.4 Å². The van der Waals surface area contributed by atoms with Gasteiger partial charge in [-0.15, -0.1) is 10.2 Å². The van der Waals surface area contributed by atoms with Crippen LogP contribution in [0.25, 0.3) is 0 Å². The van der Waals surface area contributed by atoms with Crippen LogP contribution in [0, 0.1) is 20.2 Å². The largest absolute Gasteiger partial charge is 0.285 e.